The van der Waals surface area contributed by atoms with Gasteiger partial charge in [0.1, 0.15) is 0 Å². The van der Waals surface area contributed by atoms with Gasteiger partial charge in [-0.25, -0.2) is 9.59 Å². The molecule has 0 saturated heterocycles. The maximum absolute atomic E-state index is 12.2. The van der Waals surface area contributed by atoms with Gasteiger partial charge in [-0.3, -0.25) is 9.78 Å². The summed E-state index contributed by atoms with van der Waals surface area (Å²) in [5, 5.41) is 17.1. The van der Waals surface area contributed by atoms with E-state index in [1.807, 2.05) is 35.3 Å². The van der Waals surface area contributed by atoms with Crippen LogP contribution in [0.2, 0.25) is 10.0 Å². The van der Waals surface area contributed by atoms with Gasteiger partial charge in [-0.15, -0.1) is 0 Å². The molecule has 2 N–H and O–H groups in total. The average Bonchev–Trinajstić information content (AvgIpc) is 3.25. The maximum Gasteiger partial charge on any atom is 0.362 e. The molecule has 2 aromatic carbocycles. The largest absolute Gasteiger partial charge is 0.476 e. The van der Waals surface area contributed by atoms with Crippen molar-refractivity contribution in [3.63, 3.8) is 0 Å². The summed E-state index contributed by atoms with van der Waals surface area (Å²) in [7, 11) is 0. The number of aromatic carboxylic acids is 1. The number of rotatable bonds is 5. The van der Waals surface area contributed by atoms with Gasteiger partial charge in [0.05, 0.1) is 11.1 Å². The van der Waals surface area contributed by atoms with Crippen molar-refractivity contribution in [2.75, 3.05) is 0 Å². The molecular weight excluding hydrogens is 473 g/mol. The molecule has 0 unspecified atom stereocenters. The third-order valence-corrected chi connectivity index (χ3v) is 5.53. The predicted molar refractivity (Wildman–Crippen MR) is 119 cm³/mol. The van der Waals surface area contributed by atoms with Gasteiger partial charge in [-0.2, -0.15) is 14.8 Å². The van der Waals surface area contributed by atoms with Crippen LogP contribution in [0.5, 0.6) is 0 Å². The monoisotopic (exact) mass is 487 g/mol. The Balaban J connectivity index is 1.79. The lowest BCUT2D eigenvalue weighted by Crippen LogP contribution is -2.35. The Morgan fingerprint density at radius 1 is 1.12 bits per heavy atom. The molecule has 4 aromatic rings. The van der Waals surface area contributed by atoms with Crippen molar-refractivity contribution in [3.8, 4) is 17.1 Å². The summed E-state index contributed by atoms with van der Waals surface area (Å²) in [6.07, 6.45) is 0. The molecule has 0 radical (unpaired) electrons. The zero-order valence-electron chi connectivity index (χ0n) is 17.2. The SMILES string of the molecule is CC(C)(c1noc(-c2ccccc2)n1)c1c(Cl)cc(-n2nc(C(=O)O)c(=O)[nH]c2=O)cc1Cl. The number of benzene rings is 2. The predicted octanol–water partition coefficient (Wildman–Crippen LogP) is 3.30. The Morgan fingerprint density at radius 3 is 2.36 bits per heavy atom. The summed E-state index contributed by atoms with van der Waals surface area (Å²) in [6, 6.07) is 12.0. The van der Waals surface area contributed by atoms with Gasteiger partial charge >= 0.3 is 11.7 Å². The smallest absolute Gasteiger partial charge is 0.362 e. The molecule has 0 spiro atoms. The van der Waals surface area contributed by atoms with Gasteiger partial charge < -0.3 is 9.63 Å². The number of carbonyl (C=O) groups is 1. The van der Waals surface area contributed by atoms with Gasteiger partial charge in [0, 0.05) is 21.2 Å². The first-order valence-electron chi connectivity index (χ1n) is 9.46. The number of aromatic nitrogens is 5. The molecule has 10 nitrogen and oxygen atoms in total. The summed E-state index contributed by atoms with van der Waals surface area (Å²) in [5.41, 5.74) is -2.57. The number of nitrogens with zero attached hydrogens (tertiary/aromatic N) is 4. The summed E-state index contributed by atoms with van der Waals surface area (Å²) in [5.74, 6) is -0.940. The fraction of sp³-hybridized carbons (Fsp3) is 0.143. The molecule has 4 rings (SSSR count). The summed E-state index contributed by atoms with van der Waals surface area (Å²) >= 11 is 13.1. The minimum atomic E-state index is -1.59. The van der Waals surface area contributed by atoms with Crippen molar-refractivity contribution in [1.82, 2.24) is 24.9 Å². The quantitative estimate of drug-likeness (QED) is 0.436. The second-order valence-corrected chi connectivity index (χ2v) is 8.34. The molecule has 0 aliphatic rings. The van der Waals surface area contributed by atoms with Crippen molar-refractivity contribution >= 4 is 29.2 Å². The zero-order chi connectivity index (χ0) is 23.9. The first-order chi connectivity index (χ1) is 15.6. The van der Waals surface area contributed by atoms with Crippen LogP contribution in [0, 0.1) is 0 Å². The average molecular weight is 488 g/mol. The molecule has 0 aliphatic heterocycles. The van der Waals surface area contributed by atoms with Crippen LogP contribution in [0.15, 0.2) is 56.6 Å². The lowest BCUT2D eigenvalue weighted by Gasteiger charge is -2.24. The highest BCUT2D eigenvalue weighted by atomic mass is 35.5. The number of hydrogen-bond acceptors (Lipinski definition) is 7. The summed E-state index contributed by atoms with van der Waals surface area (Å²) < 4.78 is 6.10. The molecule has 2 aromatic heterocycles. The van der Waals surface area contributed by atoms with Crippen LogP contribution in [0.25, 0.3) is 17.1 Å². The number of carboxylic acids is 1. The van der Waals surface area contributed by atoms with E-state index in [0.29, 0.717) is 22.0 Å². The second-order valence-electron chi connectivity index (χ2n) is 7.52. The van der Waals surface area contributed by atoms with Gasteiger partial charge in [0.15, 0.2) is 5.82 Å². The summed E-state index contributed by atoms with van der Waals surface area (Å²) in [4.78, 5) is 41.5. The van der Waals surface area contributed by atoms with Crippen LogP contribution in [-0.2, 0) is 5.41 Å². The first kappa shape index (κ1) is 22.4. The van der Waals surface area contributed by atoms with Crippen molar-refractivity contribution in [1.29, 1.82) is 0 Å². The molecule has 0 amide bonds. The van der Waals surface area contributed by atoms with E-state index in [-0.39, 0.29) is 15.7 Å². The van der Waals surface area contributed by atoms with Crippen molar-refractivity contribution in [3.05, 3.63) is 90.4 Å². The van der Waals surface area contributed by atoms with E-state index in [1.165, 1.54) is 12.1 Å². The van der Waals surface area contributed by atoms with Crippen LogP contribution in [-0.4, -0.2) is 36.0 Å². The van der Waals surface area contributed by atoms with E-state index in [0.717, 1.165) is 5.56 Å². The van der Waals surface area contributed by atoms with Crippen molar-refractivity contribution in [2.24, 2.45) is 0 Å². The fourth-order valence-electron chi connectivity index (χ4n) is 3.28. The minimum Gasteiger partial charge on any atom is -0.476 e. The third-order valence-electron chi connectivity index (χ3n) is 4.93. The number of hydrogen-bond donors (Lipinski definition) is 2. The Bertz CT molecular complexity index is 1470. The number of carboxylic acid groups (broad SMARTS) is 1. The number of halogens is 2. The highest BCUT2D eigenvalue weighted by Crippen LogP contribution is 2.40. The highest BCUT2D eigenvalue weighted by Gasteiger charge is 2.34. The molecule has 0 saturated carbocycles. The van der Waals surface area contributed by atoms with Gasteiger partial charge in [-0.1, -0.05) is 46.6 Å². The van der Waals surface area contributed by atoms with Crippen molar-refractivity contribution in [2.45, 2.75) is 19.3 Å². The normalized spacial score (nSPS) is 11.5. The molecule has 12 heteroatoms. The van der Waals surface area contributed by atoms with Gasteiger partial charge in [0.25, 0.3) is 11.4 Å². The maximum atomic E-state index is 12.2. The van der Waals surface area contributed by atoms with Crippen LogP contribution >= 0.6 is 23.2 Å². The molecule has 33 heavy (non-hydrogen) atoms. The van der Waals surface area contributed by atoms with Gasteiger partial charge in [0.2, 0.25) is 5.69 Å². The number of aromatic amines is 1. The van der Waals surface area contributed by atoms with Crippen LogP contribution in [0.4, 0.5) is 0 Å². The Labute approximate surface area is 195 Å². The van der Waals surface area contributed by atoms with E-state index in [4.69, 9.17) is 32.8 Å². The van der Waals surface area contributed by atoms with E-state index in [2.05, 4.69) is 15.2 Å². The molecule has 2 heterocycles. The number of nitrogens with one attached hydrogen (secondary N) is 1. The van der Waals surface area contributed by atoms with E-state index in [1.54, 1.807) is 13.8 Å². The molecule has 0 aliphatic carbocycles. The molecule has 0 bridgehead atoms. The molecule has 168 valence electrons. The Hall–Kier alpha value is -3.76. The van der Waals surface area contributed by atoms with E-state index < -0.39 is 28.3 Å². The minimum absolute atomic E-state index is 0.0615. The standard InChI is InChI=1S/C21H15Cl2N5O5/c1-21(2,19-25-17(33-27-19)10-6-4-3-5-7-10)14-12(22)8-11(9-13(14)23)28-20(32)24-16(29)15(26-28)18(30)31/h3-9H,1-2H3,(H,30,31)(H,24,29,32). The Kier molecular flexibility index (Phi) is 5.64. The lowest BCUT2D eigenvalue weighted by atomic mass is 9.83. The van der Waals surface area contributed by atoms with Crippen LogP contribution in [0.3, 0.4) is 0 Å². The van der Waals surface area contributed by atoms with Crippen LogP contribution in [0.1, 0.15) is 35.7 Å². The zero-order valence-corrected chi connectivity index (χ0v) is 18.7. The van der Waals surface area contributed by atoms with Gasteiger partial charge in [-0.05, 0) is 38.1 Å². The van der Waals surface area contributed by atoms with Crippen LogP contribution < -0.4 is 11.2 Å². The highest BCUT2D eigenvalue weighted by molar-refractivity contribution is 6.36. The second kappa shape index (κ2) is 8.30. The summed E-state index contributed by atoms with van der Waals surface area (Å²) in [6.45, 7) is 3.60. The van der Waals surface area contributed by atoms with E-state index in [9.17, 15) is 14.4 Å². The third kappa shape index (κ3) is 4.06. The molecule has 0 fully saturated rings. The Morgan fingerprint density at radius 2 is 1.76 bits per heavy atom. The fourth-order valence-corrected chi connectivity index (χ4v) is 4.23. The van der Waals surface area contributed by atoms with E-state index >= 15 is 0 Å². The lowest BCUT2D eigenvalue weighted by molar-refractivity contribution is 0.0685. The molecular formula is C21H15Cl2N5O5. The number of H-pyrrole nitrogens is 1. The first-order valence-corrected chi connectivity index (χ1v) is 10.2. The molecule has 0 atom stereocenters. The van der Waals surface area contributed by atoms with Crippen molar-refractivity contribution < 1.29 is 14.4 Å². The topological polar surface area (TPSA) is 144 Å².